The summed E-state index contributed by atoms with van der Waals surface area (Å²) in [6.07, 6.45) is 1.02. The smallest absolute Gasteiger partial charge is 0.178 e. The van der Waals surface area contributed by atoms with Crippen LogP contribution in [0.15, 0.2) is 48.5 Å². The Morgan fingerprint density at radius 1 is 1.25 bits per heavy atom. The largest absolute Gasteiger partial charge is 0.332 e. The molecule has 2 aromatic rings. The number of anilines is 2. The van der Waals surface area contributed by atoms with Crippen LogP contribution < -0.4 is 10.2 Å². The van der Waals surface area contributed by atoms with E-state index in [1.165, 1.54) is 11.3 Å². The van der Waals surface area contributed by atoms with Crippen LogP contribution in [0.1, 0.15) is 12.5 Å². The van der Waals surface area contributed by atoms with Crippen LogP contribution in [0.25, 0.3) is 0 Å². The molecule has 1 unspecified atom stereocenters. The molecule has 2 nitrogen and oxygen atoms in total. The predicted octanol–water partition coefficient (Wildman–Crippen LogP) is 4.49. The van der Waals surface area contributed by atoms with Crippen molar-refractivity contribution >= 4 is 40.3 Å². The lowest BCUT2D eigenvalue weighted by molar-refractivity contribution is 0.776. The average molecular weight is 303 g/mol. The maximum absolute atomic E-state index is 6.00. The quantitative estimate of drug-likeness (QED) is 0.782. The van der Waals surface area contributed by atoms with Gasteiger partial charge in [0.1, 0.15) is 0 Å². The van der Waals surface area contributed by atoms with Crippen LogP contribution in [0.4, 0.5) is 11.4 Å². The molecule has 0 fully saturated rings. The predicted molar refractivity (Wildman–Crippen MR) is 89.8 cm³/mol. The van der Waals surface area contributed by atoms with Crippen LogP contribution in [0.3, 0.4) is 0 Å². The zero-order valence-electron chi connectivity index (χ0n) is 11.1. The van der Waals surface area contributed by atoms with Crippen molar-refractivity contribution < 1.29 is 0 Å². The van der Waals surface area contributed by atoms with Gasteiger partial charge in [0.2, 0.25) is 0 Å². The Kier molecular flexibility index (Phi) is 3.64. The maximum Gasteiger partial charge on any atom is 0.178 e. The van der Waals surface area contributed by atoms with Crippen LogP contribution in [-0.2, 0) is 6.42 Å². The fraction of sp³-hybridized carbons (Fsp3) is 0.188. The van der Waals surface area contributed by atoms with Crippen molar-refractivity contribution in [3.05, 3.63) is 59.1 Å². The number of fused-ring (bicyclic) bond motifs is 1. The molecule has 3 rings (SSSR count). The van der Waals surface area contributed by atoms with Crippen LogP contribution in [-0.4, -0.2) is 11.2 Å². The second kappa shape index (κ2) is 5.43. The number of rotatable bonds is 1. The minimum absolute atomic E-state index is 0.367. The van der Waals surface area contributed by atoms with Crippen molar-refractivity contribution in [3.8, 4) is 0 Å². The first-order valence-corrected chi connectivity index (χ1v) is 7.37. The summed E-state index contributed by atoms with van der Waals surface area (Å²) in [5.41, 5.74) is 3.45. The number of hydrogen-bond donors (Lipinski definition) is 1. The molecule has 102 valence electrons. The van der Waals surface area contributed by atoms with Gasteiger partial charge in [-0.2, -0.15) is 0 Å². The van der Waals surface area contributed by atoms with E-state index in [1.807, 2.05) is 30.3 Å². The molecular weight excluding hydrogens is 288 g/mol. The Morgan fingerprint density at radius 2 is 2.05 bits per heavy atom. The molecule has 1 aliphatic heterocycles. The first-order chi connectivity index (χ1) is 9.65. The molecule has 0 aliphatic carbocycles. The highest BCUT2D eigenvalue weighted by Crippen LogP contribution is 2.32. The molecule has 20 heavy (non-hydrogen) atoms. The fourth-order valence-electron chi connectivity index (χ4n) is 2.62. The zero-order valence-corrected chi connectivity index (χ0v) is 12.7. The van der Waals surface area contributed by atoms with Crippen molar-refractivity contribution in [1.82, 2.24) is 0 Å². The Balaban J connectivity index is 1.84. The van der Waals surface area contributed by atoms with Crippen LogP contribution >= 0.6 is 23.8 Å². The van der Waals surface area contributed by atoms with Gasteiger partial charge in [-0.3, -0.25) is 0 Å². The Bertz CT molecular complexity index is 656. The number of benzene rings is 2. The maximum atomic E-state index is 6.00. The zero-order chi connectivity index (χ0) is 14.1. The summed E-state index contributed by atoms with van der Waals surface area (Å²) in [6.45, 7) is 2.19. The van der Waals surface area contributed by atoms with E-state index in [0.29, 0.717) is 16.2 Å². The highest BCUT2D eigenvalue weighted by Gasteiger charge is 2.28. The molecule has 0 spiro atoms. The SMILES string of the molecule is CC1Cc2ccccc2N1C(=S)Nc1cccc(Cl)c1. The van der Waals surface area contributed by atoms with Gasteiger partial charge < -0.3 is 10.2 Å². The Labute approximate surface area is 129 Å². The first kappa shape index (κ1) is 13.4. The van der Waals surface area contributed by atoms with E-state index in [1.54, 1.807) is 0 Å². The summed E-state index contributed by atoms with van der Waals surface area (Å²) in [7, 11) is 0. The van der Waals surface area contributed by atoms with E-state index in [4.69, 9.17) is 23.8 Å². The molecule has 0 amide bonds. The van der Waals surface area contributed by atoms with Crippen molar-refractivity contribution in [2.45, 2.75) is 19.4 Å². The van der Waals surface area contributed by atoms with E-state index in [-0.39, 0.29) is 0 Å². The van der Waals surface area contributed by atoms with Crippen molar-refractivity contribution in [2.24, 2.45) is 0 Å². The second-order valence-electron chi connectivity index (χ2n) is 4.99. The lowest BCUT2D eigenvalue weighted by Gasteiger charge is -2.26. The summed E-state index contributed by atoms with van der Waals surface area (Å²) in [6, 6.07) is 16.4. The third-order valence-corrected chi connectivity index (χ3v) is 4.04. The Hall–Kier alpha value is -1.58. The van der Waals surface area contributed by atoms with Gasteiger partial charge in [0.15, 0.2) is 5.11 Å². The van der Waals surface area contributed by atoms with Crippen LogP contribution in [0.5, 0.6) is 0 Å². The first-order valence-electron chi connectivity index (χ1n) is 6.59. The molecule has 2 aromatic carbocycles. The van der Waals surface area contributed by atoms with Gasteiger partial charge in [-0.15, -0.1) is 0 Å². The number of para-hydroxylation sites is 1. The molecule has 1 heterocycles. The molecule has 0 saturated heterocycles. The van der Waals surface area contributed by atoms with Crippen molar-refractivity contribution in [1.29, 1.82) is 0 Å². The number of nitrogens with one attached hydrogen (secondary N) is 1. The van der Waals surface area contributed by atoms with E-state index < -0.39 is 0 Å². The minimum atomic E-state index is 0.367. The lowest BCUT2D eigenvalue weighted by atomic mass is 10.1. The molecule has 1 aliphatic rings. The van der Waals surface area contributed by atoms with Gasteiger partial charge in [0, 0.05) is 22.4 Å². The molecular formula is C16H15ClN2S. The molecule has 1 N–H and O–H groups in total. The minimum Gasteiger partial charge on any atom is -0.332 e. The van der Waals surface area contributed by atoms with Gasteiger partial charge >= 0.3 is 0 Å². The summed E-state index contributed by atoms with van der Waals surface area (Å²) in [5, 5.41) is 4.68. The average Bonchev–Trinajstić information content (AvgIpc) is 2.74. The van der Waals surface area contributed by atoms with E-state index >= 15 is 0 Å². The highest BCUT2D eigenvalue weighted by atomic mass is 35.5. The van der Waals surface area contributed by atoms with Crippen LogP contribution in [0, 0.1) is 0 Å². The molecule has 0 bridgehead atoms. The van der Waals surface area contributed by atoms with E-state index in [9.17, 15) is 0 Å². The molecule has 0 saturated carbocycles. The van der Waals surface area contributed by atoms with Crippen molar-refractivity contribution in [2.75, 3.05) is 10.2 Å². The van der Waals surface area contributed by atoms with E-state index in [0.717, 1.165) is 12.1 Å². The monoisotopic (exact) mass is 302 g/mol. The number of thiocarbonyl (C=S) groups is 1. The molecule has 0 radical (unpaired) electrons. The highest BCUT2D eigenvalue weighted by molar-refractivity contribution is 7.80. The Morgan fingerprint density at radius 3 is 2.85 bits per heavy atom. The normalized spacial score (nSPS) is 16.9. The number of halogens is 1. The van der Waals surface area contributed by atoms with Crippen LogP contribution in [0.2, 0.25) is 5.02 Å². The van der Waals surface area contributed by atoms with E-state index in [2.05, 4.69) is 35.3 Å². The third kappa shape index (κ3) is 2.51. The number of hydrogen-bond acceptors (Lipinski definition) is 1. The summed E-state index contributed by atoms with van der Waals surface area (Å²) in [4.78, 5) is 2.17. The number of nitrogens with zero attached hydrogens (tertiary/aromatic N) is 1. The topological polar surface area (TPSA) is 15.3 Å². The van der Waals surface area contributed by atoms with Gasteiger partial charge in [-0.1, -0.05) is 35.9 Å². The van der Waals surface area contributed by atoms with Gasteiger partial charge in [-0.25, -0.2) is 0 Å². The second-order valence-corrected chi connectivity index (χ2v) is 5.82. The van der Waals surface area contributed by atoms with Gasteiger partial charge in [-0.05, 0) is 55.4 Å². The summed E-state index contributed by atoms with van der Waals surface area (Å²) < 4.78 is 0. The summed E-state index contributed by atoms with van der Waals surface area (Å²) >= 11 is 11.6. The van der Waals surface area contributed by atoms with Crippen molar-refractivity contribution in [3.63, 3.8) is 0 Å². The summed E-state index contributed by atoms with van der Waals surface area (Å²) in [5.74, 6) is 0. The fourth-order valence-corrected chi connectivity index (χ4v) is 3.21. The third-order valence-electron chi connectivity index (χ3n) is 3.50. The molecule has 4 heteroatoms. The molecule has 1 atom stereocenters. The van der Waals surface area contributed by atoms with Gasteiger partial charge in [0.05, 0.1) is 0 Å². The standard InChI is InChI=1S/C16H15ClN2S/c1-11-9-12-5-2-3-8-15(12)19(11)16(20)18-14-7-4-6-13(17)10-14/h2-8,10-11H,9H2,1H3,(H,18,20). The molecule has 0 aromatic heterocycles. The lowest BCUT2D eigenvalue weighted by Crippen LogP contribution is -2.38. The van der Waals surface area contributed by atoms with Gasteiger partial charge in [0.25, 0.3) is 0 Å².